The van der Waals surface area contributed by atoms with Gasteiger partial charge in [-0.2, -0.15) is 0 Å². The molecule has 0 unspecified atom stereocenters. The van der Waals surface area contributed by atoms with E-state index in [-0.39, 0.29) is 25.4 Å². The molecule has 0 atom stereocenters. The molecule has 9 nitrogen and oxygen atoms in total. The van der Waals surface area contributed by atoms with E-state index in [0.717, 1.165) is 29.7 Å². The average Bonchev–Trinajstić information content (AvgIpc) is 2.87. The normalized spacial score (nSPS) is 12.3. The molecule has 0 saturated heterocycles. The lowest BCUT2D eigenvalue weighted by atomic mass is 10.0. The largest absolute Gasteiger partial charge is 0.511 e. The van der Waals surface area contributed by atoms with Gasteiger partial charge in [0.05, 0.1) is 17.8 Å². The summed E-state index contributed by atoms with van der Waals surface area (Å²) in [5.74, 6) is -0.536. The third kappa shape index (κ3) is 3.57. The van der Waals surface area contributed by atoms with Gasteiger partial charge in [0.15, 0.2) is 5.75 Å². The summed E-state index contributed by atoms with van der Waals surface area (Å²) in [7, 11) is 1.98. The van der Waals surface area contributed by atoms with Gasteiger partial charge in [-0.1, -0.05) is 6.92 Å². The number of H-pyrrole nitrogens is 1. The minimum Gasteiger partial charge on any atom is -0.504 e. The maximum absolute atomic E-state index is 12.4. The van der Waals surface area contributed by atoms with Gasteiger partial charge in [-0.3, -0.25) is 4.79 Å². The van der Waals surface area contributed by atoms with Crippen LogP contribution < -0.4 is 20.3 Å². The highest BCUT2D eigenvalue weighted by atomic mass is 35.5. The molecule has 4 N–H and O–H groups in total. The first kappa shape index (κ1) is 21.5. The number of carbonyl (C=O) groups is 1. The number of ether oxygens (including phenoxy) is 2. The highest BCUT2D eigenvalue weighted by Gasteiger charge is 2.26. The van der Waals surface area contributed by atoms with E-state index in [1.807, 2.05) is 26.1 Å². The predicted octanol–water partition coefficient (Wildman–Crippen LogP) is 2.76. The molecule has 30 heavy (non-hydrogen) atoms. The van der Waals surface area contributed by atoms with E-state index in [4.69, 9.17) is 9.84 Å². The highest BCUT2D eigenvalue weighted by molar-refractivity contribution is 5.90. The number of aromatic hydroxyl groups is 1. The highest BCUT2D eigenvalue weighted by Crippen LogP contribution is 2.41. The monoisotopic (exact) mass is 435 g/mol. The van der Waals surface area contributed by atoms with Crippen LogP contribution in [0.25, 0.3) is 22.2 Å². The van der Waals surface area contributed by atoms with E-state index < -0.39 is 23.2 Å². The second kappa shape index (κ2) is 8.29. The minimum absolute atomic E-state index is 0. The first-order chi connectivity index (χ1) is 13.9. The average molecular weight is 436 g/mol. The van der Waals surface area contributed by atoms with Crippen LogP contribution in [0, 0.1) is 0 Å². The molecule has 0 bridgehead atoms. The number of nitrogens with zero attached hydrogens (tertiary/aromatic N) is 1. The summed E-state index contributed by atoms with van der Waals surface area (Å²) in [5, 5.41) is 23.6. The van der Waals surface area contributed by atoms with E-state index in [0.29, 0.717) is 22.6 Å². The molecule has 2 aromatic heterocycles. The molecule has 160 valence electrons. The van der Waals surface area contributed by atoms with Crippen LogP contribution in [0.5, 0.6) is 17.2 Å². The van der Waals surface area contributed by atoms with Crippen molar-refractivity contribution in [2.45, 2.75) is 19.9 Å². The molecule has 0 amide bonds. The number of pyridine rings is 1. The number of nitrogens with one attached hydrogen (secondary N) is 2. The third-order valence-corrected chi connectivity index (χ3v) is 5.12. The first-order valence-corrected chi connectivity index (χ1v) is 9.25. The number of hydrogen-bond acceptors (Lipinski definition) is 6. The van der Waals surface area contributed by atoms with Crippen LogP contribution in [0.3, 0.4) is 0 Å². The summed E-state index contributed by atoms with van der Waals surface area (Å²) in [6, 6.07) is 5.87. The summed E-state index contributed by atoms with van der Waals surface area (Å²) in [5.41, 5.74) is 2.66. The Morgan fingerprint density at radius 1 is 1.37 bits per heavy atom. The van der Waals surface area contributed by atoms with Crippen LogP contribution in [-0.4, -0.2) is 39.1 Å². The Morgan fingerprint density at radius 3 is 2.83 bits per heavy atom. The van der Waals surface area contributed by atoms with Gasteiger partial charge in [0, 0.05) is 48.3 Å². The molecule has 0 fully saturated rings. The van der Waals surface area contributed by atoms with Crippen LogP contribution in [0.2, 0.25) is 0 Å². The molecule has 0 aliphatic carbocycles. The van der Waals surface area contributed by atoms with Crippen LogP contribution in [0.15, 0.2) is 23.0 Å². The van der Waals surface area contributed by atoms with Gasteiger partial charge in [0.25, 0.3) is 5.56 Å². The van der Waals surface area contributed by atoms with Gasteiger partial charge in [0.1, 0.15) is 5.75 Å². The number of aryl methyl sites for hydroxylation is 1. The van der Waals surface area contributed by atoms with Crippen molar-refractivity contribution < 1.29 is 24.5 Å². The smallest absolute Gasteiger partial charge is 0.504 e. The molecule has 0 saturated carbocycles. The molecule has 0 spiro atoms. The van der Waals surface area contributed by atoms with E-state index >= 15 is 0 Å². The summed E-state index contributed by atoms with van der Waals surface area (Å²) < 4.78 is 12.4. The topological polar surface area (TPSA) is 126 Å². The number of aromatic amines is 1. The zero-order chi connectivity index (χ0) is 20.7. The molecule has 3 aromatic rings. The van der Waals surface area contributed by atoms with Crippen LogP contribution in [0.4, 0.5) is 4.79 Å². The van der Waals surface area contributed by atoms with E-state index in [1.54, 1.807) is 0 Å². The lowest BCUT2D eigenvalue weighted by molar-refractivity contribution is 0.142. The lowest BCUT2D eigenvalue weighted by Crippen LogP contribution is -2.17. The second-order valence-electron chi connectivity index (χ2n) is 6.83. The third-order valence-electron chi connectivity index (χ3n) is 5.12. The van der Waals surface area contributed by atoms with Crippen molar-refractivity contribution in [2.24, 2.45) is 7.05 Å². The Labute approximate surface area is 177 Å². The number of rotatable bonds is 4. The molecule has 4 rings (SSSR count). The molecule has 1 aliphatic heterocycles. The molecular formula is C20H22ClN3O6. The van der Waals surface area contributed by atoms with Gasteiger partial charge < -0.3 is 34.6 Å². The van der Waals surface area contributed by atoms with Gasteiger partial charge >= 0.3 is 6.16 Å². The van der Waals surface area contributed by atoms with Crippen molar-refractivity contribution in [3.63, 3.8) is 0 Å². The van der Waals surface area contributed by atoms with Crippen molar-refractivity contribution in [3.05, 3.63) is 39.8 Å². The Balaban J connectivity index is 0.00000256. The first-order valence-electron chi connectivity index (χ1n) is 9.25. The van der Waals surface area contributed by atoms with Gasteiger partial charge in [0.2, 0.25) is 5.75 Å². The van der Waals surface area contributed by atoms with Crippen LogP contribution in [0.1, 0.15) is 18.2 Å². The Morgan fingerprint density at radius 2 is 2.13 bits per heavy atom. The zero-order valence-electron chi connectivity index (χ0n) is 16.4. The lowest BCUT2D eigenvalue weighted by Gasteiger charge is -2.12. The van der Waals surface area contributed by atoms with E-state index in [1.165, 1.54) is 0 Å². The predicted molar refractivity (Wildman–Crippen MR) is 113 cm³/mol. The second-order valence-corrected chi connectivity index (χ2v) is 6.83. The summed E-state index contributed by atoms with van der Waals surface area (Å²) in [4.78, 5) is 25.9. The fourth-order valence-electron chi connectivity index (χ4n) is 3.69. The maximum Gasteiger partial charge on any atom is 0.511 e. The molecule has 10 heteroatoms. The summed E-state index contributed by atoms with van der Waals surface area (Å²) in [6.07, 6.45) is -1.39. The van der Waals surface area contributed by atoms with Crippen molar-refractivity contribution in [1.29, 1.82) is 0 Å². The molecular weight excluding hydrogens is 414 g/mol. The molecule has 3 heterocycles. The van der Waals surface area contributed by atoms with Crippen molar-refractivity contribution >= 4 is 29.5 Å². The molecule has 1 aromatic carbocycles. The summed E-state index contributed by atoms with van der Waals surface area (Å²) in [6.45, 7) is 3.88. The quantitative estimate of drug-likeness (QED) is 0.464. The standard InChI is InChI=1S/C20H21N3O6.ClH/c1-3-21-9-11-6-10-7-13-15(8-14(10)23(11)2)28-5-4-12-16(13)22-19(25)18(17(12)24)29-20(26)27;/h6-8,21H,3-5,9H2,1-2H3,(H,26,27)(H2,22,24,25);1H. The Bertz CT molecular complexity index is 1180. The molecule has 0 radical (unpaired) electrons. The van der Waals surface area contributed by atoms with Crippen molar-refractivity contribution in [3.8, 4) is 28.5 Å². The fourth-order valence-corrected chi connectivity index (χ4v) is 3.69. The van der Waals surface area contributed by atoms with Gasteiger partial charge in [-0.05, 0) is 18.7 Å². The fraction of sp³-hybridized carbons (Fsp3) is 0.300. The zero-order valence-corrected chi connectivity index (χ0v) is 17.3. The number of benzene rings is 1. The number of fused-ring (bicyclic) bond motifs is 4. The SMILES string of the molecule is CCNCc1cc2cc3c(cc2n1C)OCCc1c-3[nH]c(=O)c(OC(=O)O)c1O.Cl. The van der Waals surface area contributed by atoms with E-state index in [9.17, 15) is 14.7 Å². The van der Waals surface area contributed by atoms with E-state index in [2.05, 4.69) is 25.7 Å². The van der Waals surface area contributed by atoms with Crippen molar-refractivity contribution in [2.75, 3.05) is 13.2 Å². The minimum atomic E-state index is -1.67. The van der Waals surface area contributed by atoms with Crippen molar-refractivity contribution in [1.82, 2.24) is 14.9 Å². The molecule has 1 aliphatic rings. The number of halogens is 1. The van der Waals surface area contributed by atoms with Crippen LogP contribution in [-0.2, 0) is 20.0 Å². The number of aromatic nitrogens is 2. The maximum atomic E-state index is 12.4. The van der Waals surface area contributed by atoms with Crippen LogP contribution >= 0.6 is 12.4 Å². The Hall–Kier alpha value is -3.17. The van der Waals surface area contributed by atoms with Gasteiger partial charge in [-0.25, -0.2) is 4.79 Å². The van der Waals surface area contributed by atoms with Gasteiger partial charge in [-0.15, -0.1) is 12.4 Å². The Kier molecular flexibility index (Phi) is 5.95. The number of hydrogen-bond donors (Lipinski definition) is 4. The summed E-state index contributed by atoms with van der Waals surface area (Å²) >= 11 is 0. The number of carboxylic acid groups (broad SMARTS) is 1.